The van der Waals surface area contributed by atoms with Gasteiger partial charge in [0.05, 0.1) is 5.75 Å². The van der Waals surface area contributed by atoms with Gasteiger partial charge >= 0.3 is 0 Å². The van der Waals surface area contributed by atoms with Crippen molar-refractivity contribution < 1.29 is 4.52 Å². The summed E-state index contributed by atoms with van der Waals surface area (Å²) in [6.07, 6.45) is 5.41. The van der Waals surface area contributed by atoms with Crippen molar-refractivity contribution in [2.24, 2.45) is 5.73 Å². The lowest BCUT2D eigenvalue weighted by Crippen LogP contribution is -1.97. The first-order chi connectivity index (χ1) is 10.3. The van der Waals surface area contributed by atoms with Crippen LogP contribution < -0.4 is 5.73 Å². The Morgan fingerprint density at radius 3 is 2.62 bits per heavy atom. The highest BCUT2D eigenvalue weighted by Crippen LogP contribution is 2.21. The molecule has 1 aromatic carbocycles. The molecule has 0 amide bonds. The summed E-state index contributed by atoms with van der Waals surface area (Å²) in [7, 11) is 0. The minimum absolute atomic E-state index is 0.750. The number of aromatic nitrogens is 2. The van der Waals surface area contributed by atoms with Crippen molar-refractivity contribution in [3.63, 3.8) is 0 Å². The Morgan fingerprint density at radius 1 is 1.10 bits per heavy atom. The van der Waals surface area contributed by atoms with Gasteiger partial charge < -0.3 is 10.3 Å². The summed E-state index contributed by atoms with van der Waals surface area (Å²) in [5, 5.41) is 4.04. The molecule has 0 aliphatic carbocycles. The van der Waals surface area contributed by atoms with E-state index in [9.17, 15) is 0 Å². The SMILES string of the molecule is Cc1ccc(SCc2noc(CCCCCCN)n2)cc1. The molecule has 0 unspecified atom stereocenters. The molecule has 1 heterocycles. The molecule has 0 aliphatic rings. The molecule has 0 aliphatic heterocycles. The largest absolute Gasteiger partial charge is 0.339 e. The van der Waals surface area contributed by atoms with E-state index in [1.54, 1.807) is 11.8 Å². The number of nitrogens with zero attached hydrogens (tertiary/aromatic N) is 2. The molecule has 0 fully saturated rings. The zero-order valence-corrected chi connectivity index (χ0v) is 13.4. The van der Waals surface area contributed by atoms with Crippen LogP contribution in [0.3, 0.4) is 0 Å². The standard InChI is InChI=1S/C16H23N3OS/c1-13-7-9-14(10-8-13)21-12-15-18-16(20-19-15)6-4-2-3-5-11-17/h7-10H,2-6,11-12,17H2,1H3. The normalized spacial score (nSPS) is 11.0. The van der Waals surface area contributed by atoms with E-state index in [2.05, 4.69) is 41.3 Å². The van der Waals surface area contributed by atoms with Gasteiger partial charge in [-0.15, -0.1) is 11.8 Å². The predicted octanol–water partition coefficient (Wildman–Crippen LogP) is 3.73. The van der Waals surface area contributed by atoms with E-state index >= 15 is 0 Å². The molecule has 5 heteroatoms. The third kappa shape index (κ3) is 5.89. The lowest BCUT2D eigenvalue weighted by atomic mass is 10.1. The molecule has 0 atom stereocenters. The van der Waals surface area contributed by atoms with Gasteiger partial charge in [-0.25, -0.2) is 0 Å². The van der Waals surface area contributed by atoms with Crippen LogP contribution in [0.15, 0.2) is 33.7 Å². The first kappa shape index (κ1) is 16.0. The van der Waals surface area contributed by atoms with E-state index in [-0.39, 0.29) is 0 Å². The average molecular weight is 305 g/mol. The van der Waals surface area contributed by atoms with Gasteiger partial charge in [0, 0.05) is 11.3 Å². The topological polar surface area (TPSA) is 64.9 Å². The van der Waals surface area contributed by atoms with Crippen molar-refractivity contribution in [3.05, 3.63) is 41.5 Å². The molecule has 2 aromatic rings. The number of aryl methyl sites for hydroxylation is 2. The first-order valence-corrected chi connectivity index (χ1v) is 8.47. The Balaban J connectivity index is 1.71. The van der Waals surface area contributed by atoms with Crippen LogP contribution in [0.1, 0.15) is 43.0 Å². The van der Waals surface area contributed by atoms with Gasteiger partial charge in [0.15, 0.2) is 5.82 Å². The molecule has 2 N–H and O–H groups in total. The number of nitrogens with two attached hydrogens (primary N) is 1. The third-order valence-corrected chi connectivity index (χ3v) is 4.25. The molecule has 0 radical (unpaired) electrons. The highest BCUT2D eigenvalue weighted by atomic mass is 32.2. The second kappa shape index (κ2) is 8.85. The fourth-order valence-corrected chi connectivity index (χ4v) is 2.75. The Hall–Kier alpha value is -1.33. The molecule has 0 saturated heterocycles. The number of hydrogen-bond donors (Lipinski definition) is 1. The summed E-state index contributed by atoms with van der Waals surface area (Å²) in [6, 6.07) is 8.48. The highest BCUT2D eigenvalue weighted by molar-refractivity contribution is 7.98. The molecular formula is C16H23N3OS. The van der Waals surface area contributed by atoms with Gasteiger partial charge in [-0.1, -0.05) is 35.7 Å². The first-order valence-electron chi connectivity index (χ1n) is 7.49. The van der Waals surface area contributed by atoms with E-state index < -0.39 is 0 Å². The van der Waals surface area contributed by atoms with Gasteiger partial charge in [-0.2, -0.15) is 4.98 Å². The van der Waals surface area contributed by atoms with E-state index in [0.717, 1.165) is 43.3 Å². The molecule has 4 nitrogen and oxygen atoms in total. The molecule has 21 heavy (non-hydrogen) atoms. The van der Waals surface area contributed by atoms with Crippen LogP contribution in [0.5, 0.6) is 0 Å². The van der Waals surface area contributed by atoms with Gasteiger partial charge in [0.25, 0.3) is 0 Å². The van der Waals surface area contributed by atoms with Gasteiger partial charge in [0.1, 0.15) is 0 Å². The average Bonchev–Trinajstić information content (AvgIpc) is 2.94. The van der Waals surface area contributed by atoms with Crippen LogP contribution in [0, 0.1) is 6.92 Å². The minimum Gasteiger partial charge on any atom is -0.339 e. The predicted molar refractivity (Wildman–Crippen MR) is 86.3 cm³/mol. The van der Waals surface area contributed by atoms with Crippen LogP contribution >= 0.6 is 11.8 Å². The Kier molecular flexibility index (Phi) is 6.76. The van der Waals surface area contributed by atoms with E-state index in [4.69, 9.17) is 10.3 Å². The maximum Gasteiger partial charge on any atom is 0.226 e. The number of hydrogen-bond acceptors (Lipinski definition) is 5. The van der Waals surface area contributed by atoms with Crippen LogP contribution in [0.2, 0.25) is 0 Å². The van der Waals surface area contributed by atoms with Crippen LogP contribution in [0.25, 0.3) is 0 Å². The lowest BCUT2D eigenvalue weighted by molar-refractivity contribution is 0.370. The zero-order valence-electron chi connectivity index (χ0n) is 12.5. The molecule has 0 bridgehead atoms. The quantitative estimate of drug-likeness (QED) is 0.565. The zero-order chi connectivity index (χ0) is 14.9. The number of rotatable bonds is 9. The van der Waals surface area contributed by atoms with Gasteiger partial charge in [0.2, 0.25) is 5.89 Å². The van der Waals surface area contributed by atoms with E-state index in [0.29, 0.717) is 0 Å². The maximum absolute atomic E-state index is 5.47. The second-order valence-electron chi connectivity index (χ2n) is 5.16. The van der Waals surface area contributed by atoms with E-state index in [1.165, 1.54) is 23.3 Å². The van der Waals surface area contributed by atoms with Crippen molar-refractivity contribution in [1.82, 2.24) is 10.1 Å². The number of unbranched alkanes of at least 4 members (excludes halogenated alkanes) is 3. The summed E-state index contributed by atoms with van der Waals surface area (Å²) in [5.74, 6) is 2.28. The summed E-state index contributed by atoms with van der Waals surface area (Å²) >= 11 is 1.73. The lowest BCUT2D eigenvalue weighted by Gasteiger charge is -1.98. The van der Waals surface area contributed by atoms with Crippen LogP contribution in [0.4, 0.5) is 0 Å². The molecule has 1 aromatic heterocycles. The summed E-state index contributed by atoms with van der Waals surface area (Å²) in [6.45, 7) is 2.87. The minimum atomic E-state index is 0.750. The Labute approximate surface area is 130 Å². The van der Waals surface area contributed by atoms with Crippen LogP contribution in [-0.4, -0.2) is 16.7 Å². The van der Waals surface area contributed by atoms with Gasteiger partial charge in [-0.05, 0) is 38.4 Å². The molecular weight excluding hydrogens is 282 g/mol. The molecule has 114 valence electrons. The molecule has 0 spiro atoms. The summed E-state index contributed by atoms with van der Waals surface area (Å²) in [4.78, 5) is 5.67. The fourth-order valence-electron chi connectivity index (χ4n) is 2.01. The Morgan fingerprint density at radius 2 is 1.86 bits per heavy atom. The van der Waals surface area contributed by atoms with E-state index in [1.807, 2.05) is 0 Å². The van der Waals surface area contributed by atoms with Crippen LogP contribution in [-0.2, 0) is 12.2 Å². The van der Waals surface area contributed by atoms with Crippen molar-refractivity contribution >= 4 is 11.8 Å². The maximum atomic E-state index is 5.47. The summed E-state index contributed by atoms with van der Waals surface area (Å²) in [5.41, 5.74) is 6.75. The Bertz CT molecular complexity index is 525. The third-order valence-electron chi connectivity index (χ3n) is 3.24. The second-order valence-corrected chi connectivity index (χ2v) is 6.21. The molecule has 0 saturated carbocycles. The fraction of sp³-hybridized carbons (Fsp3) is 0.500. The highest BCUT2D eigenvalue weighted by Gasteiger charge is 2.06. The number of benzene rings is 1. The van der Waals surface area contributed by atoms with Crippen molar-refractivity contribution in [2.45, 2.75) is 49.7 Å². The smallest absolute Gasteiger partial charge is 0.226 e. The summed E-state index contributed by atoms with van der Waals surface area (Å²) < 4.78 is 5.28. The number of thioether (sulfide) groups is 1. The monoisotopic (exact) mass is 305 g/mol. The molecule has 2 rings (SSSR count). The van der Waals surface area contributed by atoms with Gasteiger partial charge in [-0.3, -0.25) is 0 Å². The van der Waals surface area contributed by atoms with Crippen molar-refractivity contribution in [1.29, 1.82) is 0 Å². The van der Waals surface area contributed by atoms with Crippen molar-refractivity contribution in [2.75, 3.05) is 6.54 Å². The van der Waals surface area contributed by atoms with Crippen molar-refractivity contribution in [3.8, 4) is 0 Å².